The molecule has 1 aromatic rings. The van der Waals surface area contributed by atoms with Crippen LogP contribution < -0.4 is 5.32 Å². The Kier molecular flexibility index (Phi) is 3.01. The molecule has 1 aromatic carbocycles. The van der Waals surface area contributed by atoms with Gasteiger partial charge in [-0.05, 0) is 25.3 Å². The summed E-state index contributed by atoms with van der Waals surface area (Å²) in [6.07, 6.45) is 3.21. The van der Waals surface area contributed by atoms with E-state index in [2.05, 4.69) is 5.32 Å². The van der Waals surface area contributed by atoms with Crippen LogP contribution >= 0.6 is 0 Å². The highest BCUT2D eigenvalue weighted by Crippen LogP contribution is 2.30. The van der Waals surface area contributed by atoms with Gasteiger partial charge in [-0.25, -0.2) is 0 Å². The standard InChI is InChI=1S/C16H15NO3/c1-9-2-4-11-10(8-9)3-5-12(15(11)19)13-6-7-14(18)17-16(13)20/h2,4-5,8,13H,3,6-7H2,1H3,(H,17,18,20). The highest BCUT2D eigenvalue weighted by Gasteiger charge is 2.34. The SMILES string of the molecule is Cc1ccc2c(c1)CC=C(C1CCC(=O)NC1=O)C2=O. The molecule has 1 saturated heterocycles. The second-order valence-corrected chi connectivity index (χ2v) is 5.36. The number of hydrogen-bond donors (Lipinski definition) is 1. The van der Waals surface area contributed by atoms with Crippen LogP contribution in [0, 0.1) is 12.8 Å². The van der Waals surface area contributed by atoms with Gasteiger partial charge in [-0.3, -0.25) is 19.7 Å². The van der Waals surface area contributed by atoms with E-state index in [0.29, 0.717) is 30.4 Å². The zero-order chi connectivity index (χ0) is 14.3. The molecule has 1 heterocycles. The first kappa shape index (κ1) is 12.8. The Morgan fingerprint density at radius 2 is 2.00 bits per heavy atom. The van der Waals surface area contributed by atoms with Crippen molar-refractivity contribution in [3.63, 3.8) is 0 Å². The van der Waals surface area contributed by atoms with Crippen molar-refractivity contribution in [1.29, 1.82) is 0 Å². The van der Waals surface area contributed by atoms with Crippen LogP contribution in [-0.4, -0.2) is 17.6 Å². The molecule has 0 saturated carbocycles. The molecule has 2 aliphatic rings. The number of nitrogens with one attached hydrogen (secondary N) is 1. The molecule has 102 valence electrons. The molecule has 1 fully saturated rings. The zero-order valence-corrected chi connectivity index (χ0v) is 11.2. The Morgan fingerprint density at radius 3 is 2.75 bits per heavy atom. The minimum absolute atomic E-state index is 0.0826. The van der Waals surface area contributed by atoms with Crippen molar-refractivity contribution in [2.45, 2.75) is 26.2 Å². The van der Waals surface area contributed by atoms with E-state index in [1.807, 2.05) is 31.2 Å². The summed E-state index contributed by atoms with van der Waals surface area (Å²) in [7, 11) is 0. The number of benzene rings is 1. The van der Waals surface area contributed by atoms with E-state index in [9.17, 15) is 14.4 Å². The number of piperidine rings is 1. The van der Waals surface area contributed by atoms with Gasteiger partial charge < -0.3 is 0 Å². The van der Waals surface area contributed by atoms with Crippen LogP contribution in [0.4, 0.5) is 0 Å². The van der Waals surface area contributed by atoms with Gasteiger partial charge in [-0.2, -0.15) is 0 Å². The third-order valence-corrected chi connectivity index (χ3v) is 3.92. The predicted molar refractivity (Wildman–Crippen MR) is 73.2 cm³/mol. The molecule has 0 bridgehead atoms. The van der Waals surface area contributed by atoms with E-state index in [4.69, 9.17) is 0 Å². The molecule has 0 aromatic heterocycles. The highest BCUT2D eigenvalue weighted by molar-refractivity contribution is 6.15. The van der Waals surface area contributed by atoms with Crippen molar-refractivity contribution in [3.8, 4) is 0 Å². The molecule has 0 spiro atoms. The van der Waals surface area contributed by atoms with E-state index < -0.39 is 5.92 Å². The Morgan fingerprint density at radius 1 is 1.20 bits per heavy atom. The van der Waals surface area contributed by atoms with E-state index in [-0.39, 0.29) is 17.6 Å². The predicted octanol–water partition coefficient (Wildman–Crippen LogP) is 1.71. The quantitative estimate of drug-likeness (QED) is 0.789. The van der Waals surface area contributed by atoms with Gasteiger partial charge in [0, 0.05) is 17.6 Å². The fourth-order valence-electron chi connectivity index (χ4n) is 2.87. The number of hydrogen-bond acceptors (Lipinski definition) is 3. The van der Waals surface area contributed by atoms with Crippen molar-refractivity contribution in [2.75, 3.05) is 0 Å². The first-order valence-corrected chi connectivity index (χ1v) is 6.74. The van der Waals surface area contributed by atoms with Crippen LogP contribution in [0.3, 0.4) is 0 Å². The number of Topliss-reactive ketones (excluding diaryl/α,β-unsaturated/α-hetero) is 1. The second kappa shape index (κ2) is 4.71. The Labute approximate surface area is 116 Å². The maximum Gasteiger partial charge on any atom is 0.234 e. The maximum atomic E-state index is 12.5. The lowest BCUT2D eigenvalue weighted by Crippen LogP contribution is -2.42. The molecular formula is C16H15NO3. The topological polar surface area (TPSA) is 63.2 Å². The highest BCUT2D eigenvalue weighted by atomic mass is 16.2. The van der Waals surface area contributed by atoms with Crippen molar-refractivity contribution in [1.82, 2.24) is 5.32 Å². The van der Waals surface area contributed by atoms with Crippen LogP contribution in [0.2, 0.25) is 0 Å². The fraction of sp³-hybridized carbons (Fsp3) is 0.312. The van der Waals surface area contributed by atoms with Crippen LogP contribution in [0.5, 0.6) is 0 Å². The van der Waals surface area contributed by atoms with Gasteiger partial charge in [-0.1, -0.05) is 29.8 Å². The van der Waals surface area contributed by atoms with Gasteiger partial charge >= 0.3 is 0 Å². The number of carbonyl (C=O) groups excluding carboxylic acids is 3. The van der Waals surface area contributed by atoms with Gasteiger partial charge in [0.15, 0.2) is 5.78 Å². The number of aryl methyl sites for hydroxylation is 1. The van der Waals surface area contributed by atoms with Gasteiger partial charge in [0.25, 0.3) is 0 Å². The lowest BCUT2D eigenvalue weighted by Gasteiger charge is -2.25. The molecule has 1 atom stereocenters. The average molecular weight is 269 g/mol. The lowest BCUT2D eigenvalue weighted by atomic mass is 9.80. The lowest BCUT2D eigenvalue weighted by molar-refractivity contribution is -0.135. The van der Waals surface area contributed by atoms with Crippen LogP contribution in [0.15, 0.2) is 29.8 Å². The minimum atomic E-state index is -0.491. The largest absolute Gasteiger partial charge is 0.296 e. The Hall–Kier alpha value is -2.23. The monoisotopic (exact) mass is 269 g/mol. The Balaban J connectivity index is 1.92. The van der Waals surface area contributed by atoms with Crippen LogP contribution in [0.25, 0.3) is 0 Å². The molecule has 20 heavy (non-hydrogen) atoms. The van der Waals surface area contributed by atoms with Crippen molar-refractivity contribution in [3.05, 3.63) is 46.5 Å². The van der Waals surface area contributed by atoms with Gasteiger partial charge in [-0.15, -0.1) is 0 Å². The summed E-state index contributed by atoms with van der Waals surface area (Å²) < 4.78 is 0. The molecule has 2 amide bonds. The summed E-state index contributed by atoms with van der Waals surface area (Å²) in [6, 6.07) is 5.74. The molecule has 3 rings (SSSR count). The molecule has 4 heteroatoms. The normalized spacial score (nSPS) is 22.1. The summed E-state index contributed by atoms with van der Waals surface area (Å²) in [5, 5.41) is 2.31. The minimum Gasteiger partial charge on any atom is -0.296 e. The molecule has 0 radical (unpaired) electrons. The number of carbonyl (C=O) groups is 3. The summed E-state index contributed by atoms with van der Waals surface area (Å²) >= 11 is 0. The number of rotatable bonds is 1. The third kappa shape index (κ3) is 2.07. The van der Waals surface area contributed by atoms with Crippen molar-refractivity contribution in [2.24, 2.45) is 5.92 Å². The van der Waals surface area contributed by atoms with Crippen molar-refractivity contribution >= 4 is 17.6 Å². The van der Waals surface area contributed by atoms with E-state index in [0.717, 1.165) is 11.1 Å². The molecule has 1 N–H and O–H groups in total. The molecule has 4 nitrogen and oxygen atoms in total. The zero-order valence-electron chi connectivity index (χ0n) is 11.2. The smallest absolute Gasteiger partial charge is 0.234 e. The van der Waals surface area contributed by atoms with Gasteiger partial charge in [0.05, 0.1) is 5.92 Å². The summed E-state index contributed by atoms with van der Waals surface area (Å²) in [5.74, 6) is -1.18. The van der Waals surface area contributed by atoms with Crippen LogP contribution in [-0.2, 0) is 16.0 Å². The third-order valence-electron chi connectivity index (χ3n) is 3.92. The summed E-state index contributed by atoms with van der Waals surface area (Å²) in [6.45, 7) is 1.99. The molecule has 1 aliphatic heterocycles. The number of amides is 2. The summed E-state index contributed by atoms with van der Waals surface area (Å²) in [4.78, 5) is 35.6. The first-order valence-electron chi connectivity index (χ1n) is 6.74. The molecule has 1 aliphatic carbocycles. The Bertz CT molecular complexity index is 658. The van der Waals surface area contributed by atoms with Crippen molar-refractivity contribution < 1.29 is 14.4 Å². The number of imide groups is 1. The number of allylic oxidation sites excluding steroid dienone is 1. The average Bonchev–Trinajstić information content (AvgIpc) is 2.40. The summed E-state index contributed by atoms with van der Waals surface area (Å²) in [5.41, 5.74) is 3.34. The molecule has 1 unspecified atom stereocenters. The van der Waals surface area contributed by atoms with E-state index in [1.165, 1.54) is 0 Å². The van der Waals surface area contributed by atoms with Gasteiger partial charge in [0.1, 0.15) is 0 Å². The van der Waals surface area contributed by atoms with E-state index in [1.54, 1.807) is 0 Å². The maximum absolute atomic E-state index is 12.5. The molecular weight excluding hydrogens is 254 g/mol. The number of fused-ring (bicyclic) bond motifs is 1. The van der Waals surface area contributed by atoms with Crippen LogP contribution in [0.1, 0.15) is 34.3 Å². The number of ketones is 1. The second-order valence-electron chi connectivity index (χ2n) is 5.36. The van der Waals surface area contributed by atoms with E-state index >= 15 is 0 Å². The fourth-order valence-corrected chi connectivity index (χ4v) is 2.87. The van der Waals surface area contributed by atoms with Gasteiger partial charge in [0.2, 0.25) is 11.8 Å². The first-order chi connectivity index (χ1) is 9.56.